The van der Waals surface area contributed by atoms with Gasteiger partial charge in [-0.2, -0.15) is 0 Å². The summed E-state index contributed by atoms with van der Waals surface area (Å²) in [7, 11) is 3.52. The number of aromatic nitrogens is 4. The lowest BCUT2D eigenvalue weighted by Crippen LogP contribution is -2.22. The van der Waals surface area contributed by atoms with Crippen molar-refractivity contribution in [3.8, 4) is 17.1 Å². The lowest BCUT2D eigenvalue weighted by atomic mass is 10.2. The Labute approximate surface area is 176 Å². The lowest BCUT2D eigenvalue weighted by Gasteiger charge is -2.10. The Morgan fingerprint density at radius 3 is 2.66 bits per heavy atom. The number of carbonyl (C=O) groups is 1. The van der Waals surface area contributed by atoms with Crippen LogP contribution in [0.15, 0.2) is 53.7 Å². The third-order valence-electron chi connectivity index (χ3n) is 4.36. The van der Waals surface area contributed by atoms with Gasteiger partial charge in [-0.1, -0.05) is 35.2 Å². The lowest BCUT2D eigenvalue weighted by molar-refractivity contribution is -0.115. The molecule has 9 heteroatoms. The van der Waals surface area contributed by atoms with E-state index >= 15 is 0 Å². The Balaban J connectivity index is 1.45. The summed E-state index contributed by atoms with van der Waals surface area (Å²) >= 11 is 2.82. The average molecular weight is 426 g/mol. The quantitative estimate of drug-likeness (QED) is 0.466. The Morgan fingerprint density at radius 2 is 1.93 bits per heavy atom. The Hall–Kier alpha value is -2.91. The standard InChI is InChI=1S/C20H19N5O2S2/c1-12(18(26)22-19-21-15-6-4-5-7-16(15)29-19)28-20-24-23-17(25(20)2)13-8-10-14(27-3)11-9-13/h4-12H,1-3H3,(H,21,22,26). The van der Waals surface area contributed by atoms with Crippen LogP contribution in [0.2, 0.25) is 0 Å². The zero-order chi connectivity index (χ0) is 20.4. The number of fused-ring (bicyclic) bond motifs is 1. The second-order valence-corrected chi connectivity index (χ2v) is 8.67. The summed E-state index contributed by atoms with van der Waals surface area (Å²) in [5.41, 5.74) is 1.81. The van der Waals surface area contributed by atoms with E-state index in [1.54, 1.807) is 7.11 Å². The Kier molecular flexibility index (Phi) is 5.50. The van der Waals surface area contributed by atoms with Crippen LogP contribution >= 0.6 is 23.1 Å². The summed E-state index contributed by atoms with van der Waals surface area (Å²) in [5, 5.41) is 12.3. The Bertz CT molecular complexity index is 1120. The Morgan fingerprint density at radius 1 is 1.17 bits per heavy atom. The number of ether oxygens (including phenoxy) is 1. The molecule has 1 amide bonds. The zero-order valence-corrected chi connectivity index (χ0v) is 17.8. The molecule has 148 valence electrons. The van der Waals surface area contributed by atoms with Crippen molar-refractivity contribution in [2.75, 3.05) is 12.4 Å². The van der Waals surface area contributed by atoms with Crippen molar-refractivity contribution in [2.45, 2.75) is 17.3 Å². The molecule has 4 rings (SSSR count). The summed E-state index contributed by atoms with van der Waals surface area (Å²) in [5.74, 6) is 1.39. The summed E-state index contributed by atoms with van der Waals surface area (Å²) in [6, 6.07) is 15.4. The maximum Gasteiger partial charge on any atom is 0.239 e. The van der Waals surface area contributed by atoms with E-state index in [9.17, 15) is 4.79 Å². The number of thiazole rings is 1. The second-order valence-electron chi connectivity index (χ2n) is 6.33. The minimum Gasteiger partial charge on any atom is -0.497 e. The number of nitrogens with zero attached hydrogens (tertiary/aromatic N) is 4. The molecular weight excluding hydrogens is 406 g/mol. The first-order valence-electron chi connectivity index (χ1n) is 8.92. The fraction of sp³-hybridized carbons (Fsp3) is 0.200. The van der Waals surface area contributed by atoms with Crippen LogP contribution in [0.4, 0.5) is 5.13 Å². The molecule has 0 bridgehead atoms. The molecule has 0 fully saturated rings. The predicted octanol–water partition coefficient (Wildman–Crippen LogP) is 4.22. The molecule has 1 atom stereocenters. The number of hydrogen-bond donors (Lipinski definition) is 1. The number of carbonyl (C=O) groups excluding carboxylic acids is 1. The number of anilines is 1. The highest BCUT2D eigenvalue weighted by molar-refractivity contribution is 8.00. The van der Waals surface area contributed by atoms with E-state index in [2.05, 4.69) is 20.5 Å². The van der Waals surface area contributed by atoms with Crippen molar-refractivity contribution in [1.82, 2.24) is 19.7 Å². The van der Waals surface area contributed by atoms with Gasteiger partial charge >= 0.3 is 0 Å². The first kappa shape index (κ1) is 19.4. The van der Waals surface area contributed by atoms with Crippen LogP contribution in [0, 0.1) is 0 Å². The monoisotopic (exact) mass is 425 g/mol. The van der Waals surface area contributed by atoms with E-state index in [0.717, 1.165) is 27.4 Å². The number of nitrogens with one attached hydrogen (secondary N) is 1. The minimum absolute atomic E-state index is 0.122. The first-order valence-corrected chi connectivity index (χ1v) is 10.6. The smallest absolute Gasteiger partial charge is 0.239 e. The highest BCUT2D eigenvalue weighted by Gasteiger charge is 2.20. The molecule has 1 N–H and O–H groups in total. The molecule has 0 radical (unpaired) electrons. The number of hydrogen-bond acceptors (Lipinski definition) is 7. The van der Waals surface area contributed by atoms with Gasteiger partial charge in [0.2, 0.25) is 5.91 Å². The largest absolute Gasteiger partial charge is 0.497 e. The van der Waals surface area contributed by atoms with Gasteiger partial charge in [0.25, 0.3) is 0 Å². The summed E-state index contributed by atoms with van der Waals surface area (Å²) in [6.45, 7) is 1.84. The third-order valence-corrected chi connectivity index (χ3v) is 6.44. The zero-order valence-electron chi connectivity index (χ0n) is 16.1. The van der Waals surface area contributed by atoms with Crippen molar-refractivity contribution in [1.29, 1.82) is 0 Å². The van der Waals surface area contributed by atoms with Crippen LogP contribution < -0.4 is 10.1 Å². The normalized spacial score (nSPS) is 12.1. The molecule has 0 aliphatic heterocycles. The number of para-hydroxylation sites is 1. The number of amides is 1. The van der Waals surface area contributed by atoms with Crippen LogP contribution in [0.3, 0.4) is 0 Å². The van der Waals surface area contributed by atoms with Gasteiger partial charge < -0.3 is 14.6 Å². The summed E-state index contributed by atoms with van der Waals surface area (Å²) in [6.07, 6.45) is 0. The van der Waals surface area contributed by atoms with E-state index in [1.165, 1.54) is 23.1 Å². The molecule has 0 aliphatic rings. The topological polar surface area (TPSA) is 81.9 Å². The molecule has 0 spiro atoms. The van der Waals surface area contributed by atoms with Crippen LogP contribution in [0.1, 0.15) is 6.92 Å². The third kappa shape index (κ3) is 4.10. The summed E-state index contributed by atoms with van der Waals surface area (Å²) in [4.78, 5) is 17.1. The summed E-state index contributed by atoms with van der Waals surface area (Å²) < 4.78 is 8.12. The second kappa shape index (κ2) is 8.22. The van der Waals surface area contributed by atoms with Crippen LogP contribution in [0.25, 0.3) is 21.6 Å². The molecule has 29 heavy (non-hydrogen) atoms. The fourth-order valence-electron chi connectivity index (χ4n) is 2.75. The van der Waals surface area contributed by atoms with Crippen molar-refractivity contribution >= 4 is 44.4 Å². The molecule has 2 aromatic carbocycles. The molecule has 0 saturated carbocycles. The number of thioether (sulfide) groups is 1. The molecule has 2 aromatic heterocycles. The molecule has 0 saturated heterocycles. The SMILES string of the molecule is COc1ccc(-c2nnc(SC(C)C(=O)Nc3nc4ccccc4s3)n2C)cc1. The molecule has 4 aromatic rings. The van der Waals surface area contributed by atoms with Gasteiger partial charge in [0, 0.05) is 12.6 Å². The molecule has 1 unspecified atom stereocenters. The highest BCUT2D eigenvalue weighted by atomic mass is 32.2. The van der Waals surface area contributed by atoms with Gasteiger partial charge in [0.1, 0.15) is 5.75 Å². The first-order chi connectivity index (χ1) is 14.0. The predicted molar refractivity (Wildman–Crippen MR) is 117 cm³/mol. The van der Waals surface area contributed by atoms with E-state index in [-0.39, 0.29) is 11.2 Å². The van der Waals surface area contributed by atoms with E-state index < -0.39 is 0 Å². The van der Waals surface area contributed by atoms with Crippen LogP contribution in [-0.2, 0) is 11.8 Å². The van der Waals surface area contributed by atoms with Gasteiger partial charge in [-0.15, -0.1) is 10.2 Å². The fourth-order valence-corrected chi connectivity index (χ4v) is 4.44. The van der Waals surface area contributed by atoms with E-state index in [1.807, 2.05) is 67.1 Å². The number of methoxy groups -OCH3 is 1. The molecule has 7 nitrogen and oxygen atoms in total. The molecular formula is C20H19N5O2S2. The van der Waals surface area contributed by atoms with Gasteiger partial charge in [0.05, 0.1) is 22.6 Å². The highest BCUT2D eigenvalue weighted by Crippen LogP contribution is 2.29. The van der Waals surface area contributed by atoms with E-state index in [4.69, 9.17) is 4.74 Å². The minimum atomic E-state index is -0.353. The van der Waals surface area contributed by atoms with Gasteiger partial charge in [-0.25, -0.2) is 4.98 Å². The van der Waals surface area contributed by atoms with Crippen molar-refractivity contribution in [2.24, 2.45) is 7.05 Å². The van der Waals surface area contributed by atoms with Crippen LogP contribution in [-0.4, -0.2) is 38.0 Å². The van der Waals surface area contributed by atoms with Gasteiger partial charge in [-0.3, -0.25) is 4.79 Å². The maximum atomic E-state index is 12.6. The maximum absolute atomic E-state index is 12.6. The van der Waals surface area contributed by atoms with E-state index in [0.29, 0.717) is 10.3 Å². The molecule has 2 heterocycles. The van der Waals surface area contributed by atoms with Gasteiger partial charge in [-0.05, 0) is 43.3 Å². The van der Waals surface area contributed by atoms with Crippen molar-refractivity contribution in [3.05, 3.63) is 48.5 Å². The van der Waals surface area contributed by atoms with Crippen molar-refractivity contribution in [3.63, 3.8) is 0 Å². The molecule has 0 aliphatic carbocycles. The van der Waals surface area contributed by atoms with Crippen LogP contribution in [0.5, 0.6) is 5.75 Å². The number of benzene rings is 2. The average Bonchev–Trinajstić information content (AvgIpc) is 3.31. The van der Waals surface area contributed by atoms with Crippen molar-refractivity contribution < 1.29 is 9.53 Å². The number of rotatable bonds is 6. The van der Waals surface area contributed by atoms with Gasteiger partial charge in [0.15, 0.2) is 16.1 Å².